The molecule has 1 heterocycles. The number of nitrogens with zero attached hydrogens (tertiary/aromatic N) is 2. The first-order valence-corrected chi connectivity index (χ1v) is 5.44. The zero-order valence-electron chi connectivity index (χ0n) is 9.64. The topological polar surface area (TPSA) is 38.0 Å². The molecule has 0 aliphatic carbocycles. The molecule has 1 aromatic heterocycles. The summed E-state index contributed by atoms with van der Waals surface area (Å²) in [6.07, 6.45) is 2.54. The Bertz CT molecular complexity index is 488. The molecule has 1 N–H and O–H groups in total. The highest BCUT2D eigenvalue weighted by Crippen LogP contribution is 2.15. The van der Waals surface area contributed by atoms with Crippen molar-refractivity contribution in [3.63, 3.8) is 0 Å². The Labute approximate surface area is 95.3 Å². The van der Waals surface area contributed by atoms with Gasteiger partial charge in [0.1, 0.15) is 0 Å². The normalized spacial score (nSPS) is 10.7. The molecule has 2 aromatic rings. The lowest BCUT2D eigenvalue weighted by Crippen LogP contribution is -2.00. The molecule has 0 radical (unpaired) electrons. The second-order valence-electron chi connectivity index (χ2n) is 4.02. The van der Waals surface area contributed by atoms with Crippen LogP contribution in [0.2, 0.25) is 0 Å². The third-order valence-electron chi connectivity index (χ3n) is 2.61. The summed E-state index contributed by atoms with van der Waals surface area (Å²) >= 11 is 0. The van der Waals surface area contributed by atoms with Crippen molar-refractivity contribution in [3.8, 4) is 5.69 Å². The number of benzene rings is 1. The number of aliphatic hydroxyl groups is 1. The van der Waals surface area contributed by atoms with E-state index in [-0.39, 0.29) is 6.61 Å². The molecule has 0 fully saturated rings. The highest BCUT2D eigenvalue weighted by atomic mass is 16.3. The van der Waals surface area contributed by atoms with Gasteiger partial charge in [0, 0.05) is 19.2 Å². The highest BCUT2D eigenvalue weighted by molar-refractivity contribution is 5.41. The molecule has 3 nitrogen and oxygen atoms in total. The first-order valence-electron chi connectivity index (χ1n) is 5.44. The van der Waals surface area contributed by atoms with Crippen LogP contribution in [0, 0.1) is 13.8 Å². The third kappa shape index (κ3) is 2.14. The van der Waals surface area contributed by atoms with Crippen molar-refractivity contribution >= 4 is 0 Å². The van der Waals surface area contributed by atoms with Crippen LogP contribution in [0.4, 0.5) is 0 Å². The Morgan fingerprint density at radius 2 is 2.06 bits per heavy atom. The van der Waals surface area contributed by atoms with E-state index in [0.717, 1.165) is 11.4 Å². The maximum atomic E-state index is 8.84. The summed E-state index contributed by atoms with van der Waals surface area (Å²) in [5, 5.41) is 13.3. The van der Waals surface area contributed by atoms with Crippen molar-refractivity contribution in [1.82, 2.24) is 9.78 Å². The molecule has 84 valence electrons. The number of hydrogen-bond donors (Lipinski definition) is 1. The average Bonchev–Trinajstić information content (AvgIpc) is 2.67. The lowest BCUT2D eigenvalue weighted by molar-refractivity contribution is 0.298. The SMILES string of the molecule is Cc1ccc(-n2ccc(CCO)n2)c(C)c1. The third-order valence-corrected chi connectivity index (χ3v) is 2.61. The van der Waals surface area contributed by atoms with E-state index in [4.69, 9.17) is 5.11 Å². The fraction of sp³-hybridized carbons (Fsp3) is 0.308. The van der Waals surface area contributed by atoms with Gasteiger partial charge in [-0.05, 0) is 31.5 Å². The molecule has 0 spiro atoms. The van der Waals surface area contributed by atoms with Crippen LogP contribution in [0.1, 0.15) is 16.8 Å². The summed E-state index contributed by atoms with van der Waals surface area (Å²) in [6.45, 7) is 4.30. The predicted octanol–water partition coefficient (Wildman–Crippen LogP) is 2.02. The van der Waals surface area contributed by atoms with Gasteiger partial charge in [0.15, 0.2) is 0 Å². The van der Waals surface area contributed by atoms with Crippen LogP contribution in [-0.2, 0) is 6.42 Å². The molecular weight excluding hydrogens is 200 g/mol. The van der Waals surface area contributed by atoms with Crippen molar-refractivity contribution in [3.05, 3.63) is 47.3 Å². The Balaban J connectivity index is 2.35. The minimum Gasteiger partial charge on any atom is -0.396 e. The zero-order valence-corrected chi connectivity index (χ0v) is 9.64. The van der Waals surface area contributed by atoms with Gasteiger partial charge < -0.3 is 5.11 Å². The van der Waals surface area contributed by atoms with E-state index in [1.54, 1.807) is 0 Å². The van der Waals surface area contributed by atoms with Gasteiger partial charge in [-0.1, -0.05) is 17.7 Å². The van der Waals surface area contributed by atoms with Gasteiger partial charge in [0.2, 0.25) is 0 Å². The Morgan fingerprint density at radius 1 is 1.25 bits per heavy atom. The number of hydrogen-bond acceptors (Lipinski definition) is 2. The van der Waals surface area contributed by atoms with Crippen LogP contribution < -0.4 is 0 Å². The van der Waals surface area contributed by atoms with Crippen LogP contribution in [0.15, 0.2) is 30.5 Å². The molecule has 2 rings (SSSR count). The molecule has 16 heavy (non-hydrogen) atoms. The molecule has 0 unspecified atom stereocenters. The summed E-state index contributed by atoms with van der Waals surface area (Å²) < 4.78 is 1.86. The van der Waals surface area contributed by atoms with Gasteiger partial charge in [-0.25, -0.2) is 4.68 Å². The Hall–Kier alpha value is -1.61. The smallest absolute Gasteiger partial charge is 0.0674 e. The minimum absolute atomic E-state index is 0.143. The van der Waals surface area contributed by atoms with E-state index >= 15 is 0 Å². The molecule has 0 aliphatic heterocycles. The first-order chi connectivity index (χ1) is 7.70. The van der Waals surface area contributed by atoms with E-state index in [0.29, 0.717) is 6.42 Å². The molecule has 0 bridgehead atoms. The van der Waals surface area contributed by atoms with E-state index < -0.39 is 0 Å². The van der Waals surface area contributed by atoms with Gasteiger partial charge in [-0.15, -0.1) is 0 Å². The zero-order chi connectivity index (χ0) is 11.5. The standard InChI is InChI=1S/C13H16N2O/c1-10-3-4-13(11(2)9-10)15-7-5-12(14-15)6-8-16/h3-5,7,9,16H,6,8H2,1-2H3. The molecule has 0 saturated heterocycles. The molecule has 0 aliphatic rings. The molecule has 0 amide bonds. The summed E-state index contributed by atoms with van der Waals surface area (Å²) in [4.78, 5) is 0. The summed E-state index contributed by atoms with van der Waals surface area (Å²) in [5.41, 5.74) is 4.47. The predicted molar refractivity (Wildman–Crippen MR) is 63.8 cm³/mol. The maximum Gasteiger partial charge on any atom is 0.0674 e. The molecule has 3 heteroatoms. The van der Waals surface area contributed by atoms with Crippen molar-refractivity contribution < 1.29 is 5.11 Å². The van der Waals surface area contributed by atoms with Crippen LogP contribution in [0.5, 0.6) is 0 Å². The quantitative estimate of drug-likeness (QED) is 0.852. The monoisotopic (exact) mass is 216 g/mol. The summed E-state index contributed by atoms with van der Waals surface area (Å²) in [6, 6.07) is 8.23. The Kier molecular flexibility index (Phi) is 3.06. The summed E-state index contributed by atoms with van der Waals surface area (Å²) in [7, 11) is 0. The van der Waals surface area contributed by atoms with Crippen LogP contribution in [0.3, 0.4) is 0 Å². The van der Waals surface area contributed by atoms with Crippen LogP contribution in [0.25, 0.3) is 5.69 Å². The van der Waals surface area contributed by atoms with Crippen LogP contribution in [-0.4, -0.2) is 21.5 Å². The fourth-order valence-electron chi connectivity index (χ4n) is 1.81. The highest BCUT2D eigenvalue weighted by Gasteiger charge is 2.03. The maximum absolute atomic E-state index is 8.84. The second kappa shape index (κ2) is 4.49. The first kappa shape index (κ1) is 10.9. The minimum atomic E-state index is 0.143. The second-order valence-corrected chi connectivity index (χ2v) is 4.02. The van der Waals surface area contributed by atoms with Crippen LogP contribution >= 0.6 is 0 Å². The number of rotatable bonds is 3. The molecular formula is C13H16N2O. The molecule has 0 saturated carbocycles. The van der Waals surface area contributed by atoms with E-state index in [1.165, 1.54) is 11.1 Å². The van der Waals surface area contributed by atoms with Gasteiger partial charge in [0.25, 0.3) is 0 Å². The largest absolute Gasteiger partial charge is 0.396 e. The lowest BCUT2D eigenvalue weighted by Gasteiger charge is -2.06. The van der Waals surface area contributed by atoms with E-state index in [2.05, 4.69) is 37.1 Å². The van der Waals surface area contributed by atoms with Crippen molar-refractivity contribution in [1.29, 1.82) is 0 Å². The lowest BCUT2D eigenvalue weighted by atomic mass is 10.1. The van der Waals surface area contributed by atoms with Gasteiger partial charge in [0.05, 0.1) is 11.4 Å². The summed E-state index contributed by atoms with van der Waals surface area (Å²) in [5.74, 6) is 0. The Morgan fingerprint density at radius 3 is 2.75 bits per heavy atom. The van der Waals surface area contributed by atoms with Gasteiger partial charge in [-0.3, -0.25) is 0 Å². The average molecular weight is 216 g/mol. The van der Waals surface area contributed by atoms with E-state index in [1.807, 2.05) is 16.9 Å². The van der Waals surface area contributed by atoms with Gasteiger partial charge >= 0.3 is 0 Å². The molecule has 1 aromatic carbocycles. The fourth-order valence-corrected chi connectivity index (χ4v) is 1.81. The van der Waals surface area contributed by atoms with Crippen molar-refractivity contribution in [2.75, 3.05) is 6.61 Å². The van der Waals surface area contributed by atoms with Gasteiger partial charge in [-0.2, -0.15) is 5.10 Å². The van der Waals surface area contributed by atoms with Crippen molar-refractivity contribution in [2.45, 2.75) is 20.3 Å². The number of aliphatic hydroxyl groups excluding tert-OH is 1. The number of aromatic nitrogens is 2. The molecule has 0 atom stereocenters. The van der Waals surface area contributed by atoms with Crippen molar-refractivity contribution in [2.24, 2.45) is 0 Å². The van der Waals surface area contributed by atoms with E-state index in [9.17, 15) is 0 Å². The number of aryl methyl sites for hydroxylation is 2.